The van der Waals surface area contributed by atoms with Crippen LogP contribution in [-0.4, -0.2) is 17.2 Å². The van der Waals surface area contributed by atoms with E-state index in [1.807, 2.05) is 0 Å². The van der Waals surface area contributed by atoms with Crippen molar-refractivity contribution in [1.82, 2.24) is 0 Å². The van der Waals surface area contributed by atoms with E-state index in [0.29, 0.717) is 15.9 Å². The summed E-state index contributed by atoms with van der Waals surface area (Å²) >= 11 is 3.21. The van der Waals surface area contributed by atoms with Crippen molar-refractivity contribution in [3.63, 3.8) is 0 Å². The summed E-state index contributed by atoms with van der Waals surface area (Å²) in [7, 11) is 0. The molecule has 4 nitrogen and oxygen atoms in total. The molecule has 76 valence electrons. The summed E-state index contributed by atoms with van der Waals surface area (Å²) < 4.78 is 5.74. The number of carboxylic acids is 1. The number of anilines is 1. The molecule has 0 bridgehead atoms. The molecule has 0 saturated carbocycles. The molecule has 0 fully saturated rings. The lowest BCUT2D eigenvalue weighted by Gasteiger charge is -2.12. The van der Waals surface area contributed by atoms with Crippen LogP contribution in [0.4, 0.5) is 5.69 Å². The van der Waals surface area contributed by atoms with E-state index in [2.05, 4.69) is 15.9 Å². The first kappa shape index (κ1) is 10.8. The van der Waals surface area contributed by atoms with Crippen LogP contribution in [-0.2, 0) is 4.79 Å². The first-order chi connectivity index (χ1) is 6.52. The SMILES string of the molecule is CC(Oc1cccc(N)c1Br)C(=O)O. The summed E-state index contributed by atoms with van der Waals surface area (Å²) in [6.45, 7) is 1.46. The second-order valence-corrected chi connectivity index (χ2v) is 3.55. The lowest BCUT2D eigenvalue weighted by atomic mass is 10.3. The van der Waals surface area contributed by atoms with Gasteiger partial charge >= 0.3 is 5.97 Å². The molecule has 1 rings (SSSR count). The number of benzene rings is 1. The van der Waals surface area contributed by atoms with E-state index in [1.165, 1.54) is 6.92 Å². The zero-order chi connectivity index (χ0) is 10.7. The molecule has 0 aliphatic rings. The largest absolute Gasteiger partial charge is 0.479 e. The molecule has 0 spiro atoms. The molecule has 3 N–H and O–H groups in total. The Labute approximate surface area is 89.8 Å². The maximum atomic E-state index is 10.5. The van der Waals surface area contributed by atoms with Gasteiger partial charge in [-0.2, -0.15) is 0 Å². The summed E-state index contributed by atoms with van der Waals surface area (Å²) in [5, 5.41) is 8.63. The number of hydrogen-bond acceptors (Lipinski definition) is 3. The molecule has 0 aromatic heterocycles. The third kappa shape index (κ3) is 2.38. The average Bonchev–Trinajstić information content (AvgIpc) is 2.12. The third-order valence-electron chi connectivity index (χ3n) is 1.64. The van der Waals surface area contributed by atoms with E-state index < -0.39 is 12.1 Å². The van der Waals surface area contributed by atoms with Crippen molar-refractivity contribution in [2.45, 2.75) is 13.0 Å². The first-order valence-electron chi connectivity index (χ1n) is 3.96. The number of carbonyl (C=O) groups is 1. The molecule has 1 atom stereocenters. The van der Waals surface area contributed by atoms with Crippen LogP contribution in [0.1, 0.15) is 6.92 Å². The molecular formula is C9H10BrNO3. The Morgan fingerprint density at radius 3 is 2.86 bits per heavy atom. The van der Waals surface area contributed by atoms with Crippen molar-refractivity contribution in [3.05, 3.63) is 22.7 Å². The Hall–Kier alpha value is -1.23. The van der Waals surface area contributed by atoms with Crippen molar-refractivity contribution in [2.24, 2.45) is 0 Å². The lowest BCUT2D eigenvalue weighted by molar-refractivity contribution is -0.144. The van der Waals surface area contributed by atoms with Crippen molar-refractivity contribution in [3.8, 4) is 5.75 Å². The Morgan fingerprint density at radius 2 is 2.29 bits per heavy atom. The minimum absolute atomic E-state index is 0.430. The van der Waals surface area contributed by atoms with Gasteiger partial charge in [-0.1, -0.05) is 6.07 Å². The van der Waals surface area contributed by atoms with Crippen LogP contribution >= 0.6 is 15.9 Å². The standard InChI is InChI=1S/C9H10BrNO3/c1-5(9(12)13)14-7-4-2-3-6(11)8(7)10/h2-5H,11H2,1H3,(H,12,13). The number of rotatable bonds is 3. The second kappa shape index (κ2) is 4.32. The van der Waals surface area contributed by atoms with Crippen molar-refractivity contribution < 1.29 is 14.6 Å². The van der Waals surface area contributed by atoms with E-state index in [-0.39, 0.29) is 0 Å². The highest BCUT2D eigenvalue weighted by Gasteiger charge is 2.14. The minimum atomic E-state index is -1.01. The molecule has 5 heteroatoms. The summed E-state index contributed by atoms with van der Waals surface area (Å²) in [5.41, 5.74) is 6.11. The zero-order valence-electron chi connectivity index (χ0n) is 7.53. The van der Waals surface area contributed by atoms with Gasteiger partial charge in [0, 0.05) is 5.69 Å². The molecule has 0 heterocycles. The fourth-order valence-electron chi connectivity index (χ4n) is 0.860. The number of aliphatic carboxylic acids is 1. The van der Waals surface area contributed by atoms with Crippen molar-refractivity contribution in [1.29, 1.82) is 0 Å². The highest BCUT2D eigenvalue weighted by Crippen LogP contribution is 2.30. The maximum Gasteiger partial charge on any atom is 0.344 e. The summed E-state index contributed by atoms with van der Waals surface area (Å²) in [6, 6.07) is 5.05. The van der Waals surface area contributed by atoms with E-state index >= 15 is 0 Å². The van der Waals surface area contributed by atoms with Gasteiger partial charge in [-0.25, -0.2) is 4.79 Å². The number of hydrogen-bond donors (Lipinski definition) is 2. The van der Waals surface area contributed by atoms with E-state index in [9.17, 15) is 4.79 Å². The van der Waals surface area contributed by atoms with Gasteiger partial charge in [0.15, 0.2) is 6.10 Å². The summed E-state index contributed by atoms with van der Waals surface area (Å²) in [5.74, 6) is -0.584. The highest BCUT2D eigenvalue weighted by atomic mass is 79.9. The topological polar surface area (TPSA) is 72.5 Å². The van der Waals surface area contributed by atoms with Crippen LogP contribution in [0, 0.1) is 0 Å². The van der Waals surface area contributed by atoms with Gasteiger partial charge in [0.1, 0.15) is 5.75 Å². The van der Waals surface area contributed by atoms with E-state index in [1.54, 1.807) is 18.2 Å². The van der Waals surface area contributed by atoms with Gasteiger partial charge in [0.25, 0.3) is 0 Å². The quantitative estimate of drug-likeness (QED) is 0.814. The molecule has 0 radical (unpaired) electrons. The van der Waals surface area contributed by atoms with E-state index in [0.717, 1.165) is 0 Å². The molecule has 1 aromatic carbocycles. The molecule has 1 aromatic rings. The van der Waals surface area contributed by atoms with Crippen LogP contribution in [0.5, 0.6) is 5.75 Å². The van der Waals surface area contributed by atoms with Crippen LogP contribution in [0.2, 0.25) is 0 Å². The molecular weight excluding hydrogens is 250 g/mol. The average molecular weight is 260 g/mol. The monoisotopic (exact) mass is 259 g/mol. The van der Waals surface area contributed by atoms with Crippen LogP contribution in [0.15, 0.2) is 22.7 Å². The van der Waals surface area contributed by atoms with Gasteiger partial charge in [-0.05, 0) is 35.0 Å². The Morgan fingerprint density at radius 1 is 1.64 bits per heavy atom. The number of nitrogen functional groups attached to an aromatic ring is 1. The summed E-state index contributed by atoms with van der Waals surface area (Å²) in [4.78, 5) is 10.5. The Bertz CT molecular complexity index is 354. The van der Waals surface area contributed by atoms with Gasteiger partial charge in [-0.15, -0.1) is 0 Å². The third-order valence-corrected chi connectivity index (χ3v) is 2.49. The molecule has 0 aliphatic carbocycles. The predicted octanol–water partition coefficient (Wildman–Crippen LogP) is 1.88. The van der Waals surface area contributed by atoms with Crippen LogP contribution < -0.4 is 10.5 Å². The number of ether oxygens (including phenoxy) is 1. The van der Waals surface area contributed by atoms with Gasteiger partial charge in [0.05, 0.1) is 4.47 Å². The number of carboxylic acid groups (broad SMARTS) is 1. The fourth-order valence-corrected chi connectivity index (χ4v) is 1.22. The van der Waals surface area contributed by atoms with Gasteiger partial charge in [-0.3, -0.25) is 0 Å². The Balaban J connectivity index is 2.87. The lowest BCUT2D eigenvalue weighted by Crippen LogP contribution is -2.23. The van der Waals surface area contributed by atoms with Crippen LogP contribution in [0.3, 0.4) is 0 Å². The number of halogens is 1. The van der Waals surface area contributed by atoms with Crippen molar-refractivity contribution in [2.75, 3.05) is 5.73 Å². The van der Waals surface area contributed by atoms with Crippen LogP contribution in [0.25, 0.3) is 0 Å². The molecule has 14 heavy (non-hydrogen) atoms. The highest BCUT2D eigenvalue weighted by molar-refractivity contribution is 9.10. The van der Waals surface area contributed by atoms with Gasteiger partial charge in [0.2, 0.25) is 0 Å². The van der Waals surface area contributed by atoms with Gasteiger partial charge < -0.3 is 15.6 Å². The van der Waals surface area contributed by atoms with Crippen molar-refractivity contribution >= 4 is 27.6 Å². The van der Waals surface area contributed by atoms with E-state index in [4.69, 9.17) is 15.6 Å². The Kier molecular flexibility index (Phi) is 3.35. The molecule has 0 aliphatic heterocycles. The second-order valence-electron chi connectivity index (χ2n) is 2.76. The molecule has 0 saturated heterocycles. The predicted molar refractivity (Wildman–Crippen MR) is 56.3 cm³/mol. The normalized spacial score (nSPS) is 12.1. The smallest absolute Gasteiger partial charge is 0.344 e. The summed E-state index contributed by atoms with van der Waals surface area (Å²) in [6.07, 6.45) is -0.895. The minimum Gasteiger partial charge on any atom is -0.479 e. The fraction of sp³-hybridized carbons (Fsp3) is 0.222. The first-order valence-corrected chi connectivity index (χ1v) is 4.75. The number of nitrogens with two attached hydrogens (primary N) is 1. The molecule has 1 unspecified atom stereocenters. The zero-order valence-corrected chi connectivity index (χ0v) is 9.11. The maximum absolute atomic E-state index is 10.5. The molecule has 0 amide bonds.